The molecule has 1 unspecified atom stereocenters. The minimum Gasteiger partial charge on any atom is -0.497 e. The van der Waals surface area contributed by atoms with E-state index in [0.29, 0.717) is 36.2 Å². The van der Waals surface area contributed by atoms with Gasteiger partial charge in [0.1, 0.15) is 5.75 Å². The molecule has 1 saturated heterocycles. The summed E-state index contributed by atoms with van der Waals surface area (Å²) in [6, 6.07) is 18.5. The van der Waals surface area contributed by atoms with Crippen molar-refractivity contribution in [3.63, 3.8) is 0 Å². The number of benzene rings is 2. The fraction of sp³-hybridized carbons (Fsp3) is 0.269. The van der Waals surface area contributed by atoms with Crippen LogP contribution >= 0.6 is 23.2 Å². The number of halogens is 2. The predicted octanol–water partition coefficient (Wildman–Crippen LogP) is 4.97. The van der Waals surface area contributed by atoms with Crippen LogP contribution in [0.1, 0.15) is 23.2 Å². The third kappa shape index (κ3) is 5.88. The van der Waals surface area contributed by atoms with Gasteiger partial charge in [-0.1, -0.05) is 47.5 Å². The standard InChI is InChI=1S/C26H25Cl2N3O3/c1-34-22-8-5-18(6-9-22)14-30-16-20(13-25(30)32)26(33)31(17-21-4-2-3-11-29-21)15-19-7-10-23(27)24(28)12-19/h2-12,20H,13-17H2,1H3. The van der Waals surface area contributed by atoms with E-state index in [1.807, 2.05) is 48.5 Å². The molecule has 0 saturated carbocycles. The molecule has 6 nitrogen and oxygen atoms in total. The van der Waals surface area contributed by atoms with Gasteiger partial charge in [0.05, 0.1) is 35.3 Å². The Labute approximate surface area is 209 Å². The number of aromatic nitrogens is 1. The zero-order valence-corrected chi connectivity index (χ0v) is 20.3. The largest absolute Gasteiger partial charge is 0.497 e. The Kier molecular flexibility index (Phi) is 7.70. The van der Waals surface area contributed by atoms with E-state index in [1.54, 1.807) is 35.2 Å². The smallest absolute Gasteiger partial charge is 0.228 e. The van der Waals surface area contributed by atoms with E-state index in [-0.39, 0.29) is 18.2 Å². The second-order valence-electron chi connectivity index (χ2n) is 8.29. The Morgan fingerprint density at radius 2 is 1.82 bits per heavy atom. The van der Waals surface area contributed by atoms with Gasteiger partial charge in [0.2, 0.25) is 11.8 Å². The summed E-state index contributed by atoms with van der Waals surface area (Å²) >= 11 is 12.2. The molecule has 0 aliphatic carbocycles. The highest BCUT2D eigenvalue weighted by molar-refractivity contribution is 6.42. The number of pyridine rings is 1. The number of likely N-dealkylation sites (tertiary alicyclic amines) is 1. The van der Waals surface area contributed by atoms with Crippen LogP contribution in [0.5, 0.6) is 5.75 Å². The van der Waals surface area contributed by atoms with Gasteiger partial charge in [-0.15, -0.1) is 0 Å². The Morgan fingerprint density at radius 3 is 2.50 bits per heavy atom. The topological polar surface area (TPSA) is 62.7 Å². The molecule has 1 aliphatic heterocycles. The van der Waals surface area contributed by atoms with Crippen LogP contribution < -0.4 is 4.74 Å². The molecule has 0 N–H and O–H groups in total. The van der Waals surface area contributed by atoms with Crippen LogP contribution in [0, 0.1) is 5.92 Å². The van der Waals surface area contributed by atoms with Gasteiger partial charge in [-0.05, 0) is 47.5 Å². The van der Waals surface area contributed by atoms with Crippen LogP contribution in [0.15, 0.2) is 66.9 Å². The first-order chi connectivity index (χ1) is 16.4. The van der Waals surface area contributed by atoms with Crippen LogP contribution in [0.25, 0.3) is 0 Å². The fourth-order valence-corrected chi connectivity index (χ4v) is 4.38. The molecule has 176 valence electrons. The highest BCUT2D eigenvalue weighted by atomic mass is 35.5. The molecule has 2 heterocycles. The molecule has 1 aliphatic rings. The normalized spacial score (nSPS) is 15.4. The van der Waals surface area contributed by atoms with Crippen molar-refractivity contribution in [2.24, 2.45) is 5.92 Å². The average Bonchev–Trinajstić information content (AvgIpc) is 3.21. The number of carbonyl (C=O) groups is 2. The number of rotatable bonds is 8. The van der Waals surface area contributed by atoms with E-state index in [0.717, 1.165) is 22.6 Å². The molecule has 1 aromatic heterocycles. The van der Waals surface area contributed by atoms with E-state index in [1.165, 1.54) is 0 Å². The van der Waals surface area contributed by atoms with Crippen LogP contribution in [-0.2, 0) is 29.2 Å². The molecule has 3 aromatic rings. The molecule has 8 heteroatoms. The lowest BCUT2D eigenvalue weighted by Gasteiger charge is -2.26. The molecular formula is C26H25Cl2N3O3. The third-order valence-corrected chi connectivity index (χ3v) is 6.58. The summed E-state index contributed by atoms with van der Waals surface area (Å²) < 4.78 is 5.20. The van der Waals surface area contributed by atoms with Crippen LogP contribution in [-0.4, -0.2) is 40.3 Å². The average molecular weight is 498 g/mol. The summed E-state index contributed by atoms with van der Waals surface area (Å²) in [5.41, 5.74) is 2.62. The van der Waals surface area contributed by atoms with Gasteiger partial charge in [0, 0.05) is 32.3 Å². The molecule has 1 atom stereocenters. The van der Waals surface area contributed by atoms with Crippen molar-refractivity contribution in [3.8, 4) is 5.75 Å². The zero-order chi connectivity index (χ0) is 24.1. The van der Waals surface area contributed by atoms with Gasteiger partial charge in [-0.3, -0.25) is 14.6 Å². The van der Waals surface area contributed by atoms with Crippen molar-refractivity contribution in [2.75, 3.05) is 13.7 Å². The van der Waals surface area contributed by atoms with Crippen molar-refractivity contribution in [2.45, 2.75) is 26.1 Å². The van der Waals surface area contributed by atoms with E-state index < -0.39 is 5.92 Å². The number of hydrogen-bond acceptors (Lipinski definition) is 4. The Balaban J connectivity index is 1.49. The predicted molar refractivity (Wildman–Crippen MR) is 131 cm³/mol. The molecule has 2 amide bonds. The summed E-state index contributed by atoms with van der Waals surface area (Å²) in [5.74, 6) is 0.234. The zero-order valence-electron chi connectivity index (χ0n) is 18.8. The van der Waals surface area contributed by atoms with Gasteiger partial charge in [-0.25, -0.2) is 0 Å². The summed E-state index contributed by atoms with van der Waals surface area (Å²) in [5, 5.41) is 0.898. The van der Waals surface area contributed by atoms with E-state index in [9.17, 15) is 9.59 Å². The quantitative estimate of drug-likeness (QED) is 0.440. The minimum atomic E-state index is -0.419. The van der Waals surface area contributed by atoms with Crippen LogP contribution in [0.2, 0.25) is 10.0 Å². The first kappa shape index (κ1) is 24.0. The van der Waals surface area contributed by atoms with Gasteiger partial charge >= 0.3 is 0 Å². The second-order valence-corrected chi connectivity index (χ2v) is 9.10. The molecule has 34 heavy (non-hydrogen) atoms. The molecule has 4 rings (SSSR count). The molecular weight excluding hydrogens is 473 g/mol. The maximum Gasteiger partial charge on any atom is 0.228 e. The van der Waals surface area contributed by atoms with Gasteiger partial charge in [0.25, 0.3) is 0 Å². The summed E-state index contributed by atoms with van der Waals surface area (Å²) in [7, 11) is 1.61. The van der Waals surface area contributed by atoms with Crippen molar-refractivity contribution in [1.82, 2.24) is 14.8 Å². The fourth-order valence-electron chi connectivity index (χ4n) is 4.06. The third-order valence-electron chi connectivity index (χ3n) is 5.84. The monoisotopic (exact) mass is 497 g/mol. The highest BCUT2D eigenvalue weighted by Gasteiger charge is 2.36. The van der Waals surface area contributed by atoms with Crippen molar-refractivity contribution >= 4 is 35.0 Å². The lowest BCUT2D eigenvalue weighted by atomic mass is 10.1. The number of amides is 2. The Morgan fingerprint density at radius 1 is 1.06 bits per heavy atom. The molecule has 1 fully saturated rings. The summed E-state index contributed by atoms with van der Waals surface area (Å²) in [4.78, 5) is 34.1. The van der Waals surface area contributed by atoms with E-state index in [2.05, 4.69) is 4.98 Å². The molecule has 0 bridgehead atoms. The van der Waals surface area contributed by atoms with Gasteiger partial charge < -0.3 is 14.5 Å². The highest BCUT2D eigenvalue weighted by Crippen LogP contribution is 2.27. The molecule has 0 spiro atoms. The van der Waals surface area contributed by atoms with Gasteiger partial charge in [0.15, 0.2) is 0 Å². The molecule has 2 aromatic carbocycles. The number of hydrogen-bond donors (Lipinski definition) is 0. The van der Waals surface area contributed by atoms with E-state index >= 15 is 0 Å². The minimum absolute atomic E-state index is 0.0264. The first-order valence-corrected chi connectivity index (χ1v) is 11.7. The van der Waals surface area contributed by atoms with Crippen molar-refractivity contribution in [3.05, 3.63) is 93.7 Å². The number of carbonyl (C=O) groups excluding carboxylic acids is 2. The number of methoxy groups -OCH3 is 1. The lowest BCUT2D eigenvalue weighted by Crippen LogP contribution is -2.36. The number of nitrogens with zero attached hydrogens (tertiary/aromatic N) is 3. The number of ether oxygens (including phenoxy) is 1. The maximum absolute atomic E-state index is 13.6. The van der Waals surface area contributed by atoms with Crippen molar-refractivity contribution < 1.29 is 14.3 Å². The van der Waals surface area contributed by atoms with E-state index in [4.69, 9.17) is 27.9 Å². The van der Waals surface area contributed by atoms with Crippen molar-refractivity contribution in [1.29, 1.82) is 0 Å². The lowest BCUT2D eigenvalue weighted by molar-refractivity contribution is -0.137. The second kappa shape index (κ2) is 10.9. The van der Waals surface area contributed by atoms with Crippen LogP contribution in [0.4, 0.5) is 0 Å². The first-order valence-electron chi connectivity index (χ1n) is 11.0. The molecule has 0 radical (unpaired) electrons. The van der Waals surface area contributed by atoms with Crippen LogP contribution in [0.3, 0.4) is 0 Å². The summed E-state index contributed by atoms with van der Waals surface area (Å²) in [6.45, 7) is 1.52. The summed E-state index contributed by atoms with van der Waals surface area (Å²) in [6.07, 6.45) is 1.89. The Hall–Kier alpha value is -3.09. The maximum atomic E-state index is 13.6. The Bertz CT molecular complexity index is 1160. The SMILES string of the molecule is COc1ccc(CN2CC(C(=O)N(Cc3ccc(Cl)c(Cl)c3)Cc3ccccn3)CC2=O)cc1. The van der Waals surface area contributed by atoms with Gasteiger partial charge in [-0.2, -0.15) is 0 Å².